The molecule has 1 heterocycles. The van der Waals surface area contributed by atoms with Gasteiger partial charge in [0, 0.05) is 22.4 Å². The quantitative estimate of drug-likeness (QED) is 0.387. The van der Waals surface area contributed by atoms with E-state index in [0.717, 1.165) is 22.7 Å². The molecule has 0 bridgehead atoms. The minimum absolute atomic E-state index is 0.0231. The molecule has 1 aromatic heterocycles. The molecule has 0 saturated carbocycles. The predicted octanol–water partition coefficient (Wildman–Crippen LogP) is 5.23. The minimum Gasteiger partial charge on any atom is -0.497 e. The summed E-state index contributed by atoms with van der Waals surface area (Å²) >= 11 is 3.26. The summed E-state index contributed by atoms with van der Waals surface area (Å²) in [6, 6.07) is 15.9. The van der Waals surface area contributed by atoms with Gasteiger partial charge in [-0.05, 0) is 67.4 Å². The average Bonchev–Trinajstić information content (AvgIpc) is 3.03. The first-order chi connectivity index (χ1) is 14.8. The van der Waals surface area contributed by atoms with E-state index in [-0.39, 0.29) is 17.9 Å². The molecule has 3 aromatic rings. The molecule has 0 atom stereocenters. The number of nitriles is 1. The smallest absolute Gasteiger partial charge is 0.262 e. The highest BCUT2D eigenvalue weighted by Gasteiger charge is 2.15. The average molecular weight is 482 g/mol. The Morgan fingerprint density at radius 2 is 1.94 bits per heavy atom. The van der Waals surface area contributed by atoms with E-state index < -0.39 is 5.91 Å². The summed E-state index contributed by atoms with van der Waals surface area (Å²) in [6.45, 7) is 3.96. The first-order valence-corrected chi connectivity index (χ1v) is 10.3. The molecule has 3 rings (SSSR count). The van der Waals surface area contributed by atoms with Gasteiger partial charge in [-0.3, -0.25) is 4.79 Å². The summed E-state index contributed by atoms with van der Waals surface area (Å²) in [5.41, 5.74) is 3.46. The van der Waals surface area contributed by atoms with Crippen molar-refractivity contribution < 1.29 is 13.9 Å². The molecule has 1 amide bonds. The van der Waals surface area contributed by atoms with Crippen molar-refractivity contribution in [2.75, 3.05) is 7.11 Å². The molecule has 0 aliphatic heterocycles. The lowest BCUT2D eigenvalue weighted by molar-refractivity contribution is -0.117. The largest absolute Gasteiger partial charge is 0.497 e. The Bertz CT molecular complexity index is 1190. The Morgan fingerprint density at radius 3 is 2.55 bits per heavy atom. The number of nitrogens with zero attached hydrogens (tertiary/aromatic N) is 2. The summed E-state index contributed by atoms with van der Waals surface area (Å²) in [4.78, 5) is 12.5. The molecule has 7 heteroatoms. The molecule has 0 aliphatic rings. The van der Waals surface area contributed by atoms with Gasteiger partial charge < -0.3 is 14.6 Å². The highest BCUT2D eigenvalue weighted by molar-refractivity contribution is 9.10. The van der Waals surface area contributed by atoms with E-state index in [0.29, 0.717) is 15.7 Å². The highest BCUT2D eigenvalue weighted by Crippen LogP contribution is 2.26. The minimum atomic E-state index is -0.474. The lowest BCUT2D eigenvalue weighted by Gasteiger charge is -2.11. The van der Waals surface area contributed by atoms with E-state index in [1.54, 1.807) is 35.9 Å². The molecule has 5 nitrogen and oxygen atoms in total. The summed E-state index contributed by atoms with van der Waals surface area (Å²) in [5, 5.41) is 12.3. The van der Waals surface area contributed by atoms with Crippen LogP contribution in [-0.4, -0.2) is 17.6 Å². The summed E-state index contributed by atoms with van der Waals surface area (Å²) in [7, 11) is 1.59. The van der Waals surface area contributed by atoms with Gasteiger partial charge in [-0.15, -0.1) is 0 Å². The number of rotatable bonds is 6. The number of aryl methyl sites for hydroxylation is 1. The molecular formula is C24H21BrFN3O2. The molecular weight excluding hydrogens is 461 g/mol. The van der Waals surface area contributed by atoms with Crippen LogP contribution in [0.25, 0.3) is 11.8 Å². The number of hydrogen-bond acceptors (Lipinski definition) is 3. The fraction of sp³-hybridized carbons (Fsp3) is 0.167. The number of nitrogens with one attached hydrogen (secondary N) is 1. The van der Waals surface area contributed by atoms with E-state index >= 15 is 0 Å². The van der Waals surface area contributed by atoms with Crippen molar-refractivity contribution in [2.24, 2.45) is 0 Å². The van der Waals surface area contributed by atoms with Crippen LogP contribution in [0.3, 0.4) is 0 Å². The Kier molecular flexibility index (Phi) is 6.93. The third-order valence-corrected chi connectivity index (χ3v) is 5.39. The number of hydrogen-bond donors (Lipinski definition) is 1. The van der Waals surface area contributed by atoms with Gasteiger partial charge in [0.1, 0.15) is 23.2 Å². The van der Waals surface area contributed by atoms with E-state index in [4.69, 9.17) is 4.74 Å². The molecule has 31 heavy (non-hydrogen) atoms. The summed E-state index contributed by atoms with van der Waals surface area (Å²) in [6.07, 6.45) is 1.53. The summed E-state index contributed by atoms with van der Waals surface area (Å²) in [5.74, 6) is -0.118. The first kappa shape index (κ1) is 22.3. The van der Waals surface area contributed by atoms with Gasteiger partial charge in [0.25, 0.3) is 5.91 Å². The van der Waals surface area contributed by atoms with Crippen LogP contribution in [0.1, 0.15) is 22.5 Å². The standard InChI is InChI=1S/C24H21BrFN3O2/c1-15-10-18(16(2)29(15)23-9-6-20(25)12-22(23)26)11-19(13-27)24(30)28-14-17-4-7-21(31-3)8-5-17/h4-12H,14H2,1-3H3,(H,28,30)/b19-11+. The van der Waals surface area contributed by atoms with E-state index in [1.807, 2.05) is 38.1 Å². The molecule has 0 radical (unpaired) electrons. The zero-order valence-corrected chi connectivity index (χ0v) is 19.0. The van der Waals surface area contributed by atoms with Gasteiger partial charge >= 0.3 is 0 Å². The number of benzene rings is 2. The van der Waals surface area contributed by atoms with Crippen LogP contribution in [-0.2, 0) is 11.3 Å². The molecule has 0 spiro atoms. The van der Waals surface area contributed by atoms with Crippen molar-refractivity contribution in [3.8, 4) is 17.5 Å². The highest BCUT2D eigenvalue weighted by atomic mass is 79.9. The number of carbonyl (C=O) groups excluding carboxylic acids is 1. The van der Waals surface area contributed by atoms with Gasteiger partial charge in [0.15, 0.2) is 0 Å². The topological polar surface area (TPSA) is 67.0 Å². The number of carbonyl (C=O) groups is 1. The van der Waals surface area contributed by atoms with Crippen LogP contribution >= 0.6 is 15.9 Å². The molecule has 0 saturated heterocycles. The van der Waals surface area contributed by atoms with Crippen LogP contribution in [0.2, 0.25) is 0 Å². The number of halogens is 2. The van der Waals surface area contributed by atoms with Crippen LogP contribution in [0.4, 0.5) is 4.39 Å². The molecule has 0 fully saturated rings. The monoisotopic (exact) mass is 481 g/mol. The second kappa shape index (κ2) is 9.63. The van der Waals surface area contributed by atoms with Crippen LogP contribution < -0.4 is 10.1 Å². The number of methoxy groups -OCH3 is 1. The van der Waals surface area contributed by atoms with Crippen LogP contribution in [0.5, 0.6) is 5.75 Å². The second-order valence-corrected chi connectivity index (χ2v) is 7.87. The molecule has 2 aromatic carbocycles. The normalized spacial score (nSPS) is 11.2. The van der Waals surface area contributed by atoms with Gasteiger partial charge in [-0.25, -0.2) is 4.39 Å². The van der Waals surface area contributed by atoms with Gasteiger partial charge in [0.2, 0.25) is 0 Å². The molecule has 0 unspecified atom stereocenters. The number of amides is 1. The summed E-state index contributed by atoms with van der Waals surface area (Å²) < 4.78 is 22.0. The fourth-order valence-electron chi connectivity index (χ4n) is 3.29. The van der Waals surface area contributed by atoms with Crippen LogP contribution in [0.15, 0.2) is 58.6 Å². The molecule has 1 N–H and O–H groups in total. The molecule has 158 valence electrons. The van der Waals surface area contributed by atoms with E-state index in [9.17, 15) is 14.4 Å². The third-order valence-electron chi connectivity index (χ3n) is 4.90. The van der Waals surface area contributed by atoms with Gasteiger partial charge in [0.05, 0.1) is 12.8 Å². The maximum absolute atomic E-state index is 14.5. The van der Waals surface area contributed by atoms with Crippen molar-refractivity contribution in [1.82, 2.24) is 9.88 Å². The Morgan fingerprint density at radius 1 is 1.23 bits per heavy atom. The second-order valence-electron chi connectivity index (χ2n) is 6.96. The Hall–Kier alpha value is -3.37. The van der Waals surface area contributed by atoms with Crippen molar-refractivity contribution in [3.63, 3.8) is 0 Å². The van der Waals surface area contributed by atoms with E-state index in [2.05, 4.69) is 21.2 Å². The van der Waals surface area contributed by atoms with Gasteiger partial charge in [-0.1, -0.05) is 28.1 Å². The first-order valence-electron chi connectivity index (χ1n) is 9.51. The molecule has 0 aliphatic carbocycles. The third kappa shape index (κ3) is 5.04. The predicted molar refractivity (Wildman–Crippen MR) is 121 cm³/mol. The zero-order valence-electron chi connectivity index (χ0n) is 17.4. The van der Waals surface area contributed by atoms with Crippen LogP contribution in [0, 0.1) is 31.0 Å². The Balaban J connectivity index is 1.83. The van der Waals surface area contributed by atoms with E-state index in [1.165, 1.54) is 12.1 Å². The van der Waals surface area contributed by atoms with Crippen molar-refractivity contribution in [1.29, 1.82) is 5.26 Å². The number of aromatic nitrogens is 1. The van der Waals surface area contributed by atoms with Crippen molar-refractivity contribution >= 4 is 27.9 Å². The van der Waals surface area contributed by atoms with Crippen molar-refractivity contribution in [3.05, 3.63) is 86.9 Å². The SMILES string of the molecule is COc1ccc(CNC(=O)/C(C#N)=C/c2cc(C)n(-c3ccc(Br)cc3F)c2C)cc1. The number of ether oxygens (including phenoxy) is 1. The Labute approximate surface area is 188 Å². The lowest BCUT2D eigenvalue weighted by atomic mass is 10.1. The fourth-order valence-corrected chi connectivity index (χ4v) is 3.63. The van der Waals surface area contributed by atoms with Gasteiger partial charge in [-0.2, -0.15) is 5.26 Å². The van der Waals surface area contributed by atoms with Crippen molar-refractivity contribution in [2.45, 2.75) is 20.4 Å². The lowest BCUT2D eigenvalue weighted by Crippen LogP contribution is -2.23. The maximum atomic E-state index is 14.5. The maximum Gasteiger partial charge on any atom is 0.262 e. The zero-order chi connectivity index (χ0) is 22.5.